The maximum Gasteiger partial charge on any atom is 0.291 e. The molecule has 0 radical (unpaired) electrons. The zero-order chi connectivity index (χ0) is 23.5. The Morgan fingerprint density at radius 2 is 1.74 bits per heavy atom. The first-order chi connectivity index (χ1) is 16.6. The predicted molar refractivity (Wildman–Crippen MR) is 136 cm³/mol. The molecule has 1 aliphatic heterocycles. The maximum atomic E-state index is 13.5. The second-order valence-electron chi connectivity index (χ2n) is 8.41. The summed E-state index contributed by atoms with van der Waals surface area (Å²) >= 11 is 6.30. The Hall–Kier alpha value is -3.48. The van der Waals surface area contributed by atoms with Crippen molar-refractivity contribution in [3.63, 3.8) is 0 Å². The van der Waals surface area contributed by atoms with E-state index in [1.54, 1.807) is 6.07 Å². The van der Waals surface area contributed by atoms with Crippen molar-refractivity contribution < 1.29 is 13.9 Å². The Labute approximate surface area is 203 Å². The molecule has 0 atom stereocenters. The van der Waals surface area contributed by atoms with Crippen LogP contribution in [0, 0.1) is 0 Å². The molecule has 1 aliphatic rings. The van der Waals surface area contributed by atoms with Crippen LogP contribution < -0.4 is 15.0 Å². The van der Waals surface area contributed by atoms with Gasteiger partial charge in [-0.2, -0.15) is 0 Å². The number of amides is 1. The van der Waals surface area contributed by atoms with Gasteiger partial charge in [-0.15, -0.1) is 0 Å². The van der Waals surface area contributed by atoms with Gasteiger partial charge in [-0.3, -0.25) is 4.79 Å². The normalized spacial score (nSPS) is 14.4. The van der Waals surface area contributed by atoms with Gasteiger partial charge in [0.2, 0.25) is 0 Å². The van der Waals surface area contributed by atoms with Crippen LogP contribution in [0.3, 0.4) is 0 Å². The summed E-state index contributed by atoms with van der Waals surface area (Å²) in [4.78, 5) is 18.0. The van der Waals surface area contributed by atoms with Crippen molar-refractivity contribution in [3.8, 4) is 5.75 Å². The highest BCUT2D eigenvalue weighted by atomic mass is 35.5. The first-order valence-electron chi connectivity index (χ1n) is 11.3. The second-order valence-corrected chi connectivity index (χ2v) is 8.85. The smallest absolute Gasteiger partial charge is 0.291 e. The molecule has 6 nitrogen and oxygen atoms in total. The molecule has 34 heavy (non-hydrogen) atoms. The minimum atomic E-state index is -0.333. The van der Waals surface area contributed by atoms with E-state index in [1.807, 2.05) is 66.7 Å². The Bertz CT molecular complexity index is 1300. The number of carbonyl (C=O) groups excluding carboxylic acids is 1. The van der Waals surface area contributed by atoms with E-state index in [9.17, 15) is 4.79 Å². The molecule has 0 saturated carbocycles. The van der Waals surface area contributed by atoms with Gasteiger partial charge in [-0.05, 0) is 43.4 Å². The molecular formula is C27H26ClN3O3. The van der Waals surface area contributed by atoms with Crippen LogP contribution >= 0.6 is 11.6 Å². The lowest BCUT2D eigenvalue weighted by atomic mass is 10.1. The van der Waals surface area contributed by atoms with Gasteiger partial charge in [-0.25, -0.2) is 0 Å². The molecule has 0 unspecified atom stereocenters. The Morgan fingerprint density at radius 3 is 2.53 bits per heavy atom. The Kier molecular flexibility index (Phi) is 6.43. The number of likely N-dealkylation sites (N-methyl/N-ethyl adjacent to an activating group) is 1. The van der Waals surface area contributed by atoms with Crippen LogP contribution in [-0.2, 0) is 6.61 Å². The molecule has 1 saturated heterocycles. The van der Waals surface area contributed by atoms with Crippen molar-refractivity contribution in [2.45, 2.75) is 6.61 Å². The molecule has 0 spiro atoms. The third-order valence-corrected chi connectivity index (χ3v) is 6.32. The highest BCUT2D eigenvalue weighted by Crippen LogP contribution is 2.32. The first-order valence-corrected chi connectivity index (χ1v) is 11.7. The highest BCUT2D eigenvalue weighted by molar-refractivity contribution is 6.31. The quantitative estimate of drug-likeness (QED) is 0.389. The standard InChI is InChI=1S/C27H26ClN3O3/c1-30-13-15-31(16-14-30)24-12-11-19(28)17-23(24)29-27(32)26-22(18-33-20-7-3-2-4-8-20)21-9-5-6-10-25(21)34-26/h2-12,17H,13-16,18H2,1H3,(H,29,32). The van der Waals surface area contributed by atoms with E-state index >= 15 is 0 Å². The summed E-state index contributed by atoms with van der Waals surface area (Å²) in [6.45, 7) is 3.88. The van der Waals surface area contributed by atoms with Crippen molar-refractivity contribution in [3.05, 3.63) is 89.1 Å². The molecule has 2 heterocycles. The molecule has 174 valence electrons. The van der Waals surface area contributed by atoms with E-state index in [0.29, 0.717) is 21.9 Å². The summed E-state index contributed by atoms with van der Waals surface area (Å²) in [5, 5.41) is 4.46. The number of ether oxygens (including phenoxy) is 1. The Morgan fingerprint density at radius 1 is 1.00 bits per heavy atom. The van der Waals surface area contributed by atoms with Crippen molar-refractivity contribution in [1.29, 1.82) is 0 Å². The molecule has 7 heteroatoms. The number of fused-ring (bicyclic) bond motifs is 1. The minimum absolute atomic E-state index is 0.213. The number of hydrogen-bond acceptors (Lipinski definition) is 5. The lowest BCUT2D eigenvalue weighted by Gasteiger charge is -2.35. The van der Waals surface area contributed by atoms with Gasteiger partial charge < -0.3 is 24.3 Å². The summed E-state index contributed by atoms with van der Waals surface area (Å²) < 4.78 is 12.0. The number of para-hydroxylation sites is 2. The summed E-state index contributed by atoms with van der Waals surface area (Å²) in [6, 6.07) is 22.7. The number of nitrogens with zero attached hydrogens (tertiary/aromatic N) is 2. The largest absolute Gasteiger partial charge is 0.489 e. The fourth-order valence-corrected chi connectivity index (χ4v) is 4.38. The number of nitrogens with one attached hydrogen (secondary N) is 1. The third kappa shape index (κ3) is 4.74. The molecular weight excluding hydrogens is 450 g/mol. The van der Waals surface area contributed by atoms with Crippen molar-refractivity contribution in [1.82, 2.24) is 4.90 Å². The molecule has 1 aromatic heterocycles. The molecule has 1 fully saturated rings. The zero-order valence-corrected chi connectivity index (χ0v) is 19.7. The monoisotopic (exact) mass is 475 g/mol. The van der Waals surface area contributed by atoms with Gasteiger partial charge in [-0.1, -0.05) is 48.0 Å². The number of carbonyl (C=O) groups is 1. The van der Waals surface area contributed by atoms with E-state index in [0.717, 1.165) is 43.0 Å². The van der Waals surface area contributed by atoms with Gasteiger partial charge in [0.05, 0.1) is 11.4 Å². The molecule has 0 aliphatic carbocycles. The maximum absolute atomic E-state index is 13.5. The zero-order valence-electron chi connectivity index (χ0n) is 19.0. The Balaban J connectivity index is 1.44. The average molecular weight is 476 g/mol. The topological polar surface area (TPSA) is 58.0 Å². The van der Waals surface area contributed by atoms with Crippen LogP contribution in [0.25, 0.3) is 11.0 Å². The van der Waals surface area contributed by atoms with E-state index in [1.165, 1.54) is 0 Å². The van der Waals surface area contributed by atoms with Crippen molar-refractivity contribution in [2.24, 2.45) is 0 Å². The molecule has 3 aromatic carbocycles. The molecule has 4 aromatic rings. The molecule has 1 N–H and O–H groups in total. The molecule has 5 rings (SSSR count). The lowest BCUT2D eigenvalue weighted by molar-refractivity contribution is 0.0995. The predicted octanol–water partition coefficient (Wildman–Crippen LogP) is 5.67. The fourth-order valence-electron chi connectivity index (χ4n) is 4.21. The number of anilines is 2. The summed E-state index contributed by atoms with van der Waals surface area (Å²) in [6.07, 6.45) is 0. The SMILES string of the molecule is CN1CCN(c2ccc(Cl)cc2NC(=O)c2oc3ccccc3c2COc2ccccc2)CC1. The number of hydrogen-bond donors (Lipinski definition) is 1. The van der Waals surface area contributed by atoms with Gasteiger partial charge in [0.1, 0.15) is 17.9 Å². The third-order valence-electron chi connectivity index (χ3n) is 6.08. The van der Waals surface area contributed by atoms with E-state index in [-0.39, 0.29) is 18.3 Å². The summed E-state index contributed by atoms with van der Waals surface area (Å²) in [5.74, 6) is 0.633. The first kappa shape index (κ1) is 22.3. The minimum Gasteiger partial charge on any atom is -0.489 e. The second kappa shape index (κ2) is 9.79. The van der Waals surface area contributed by atoms with E-state index < -0.39 is 0 Å². The summed E-state index contributed by atoms with van der Waals surface area (Å²) in [5.41, 5.74) is 2.96. The van der Waals surface area contributed by atoms with Crippen molar-refractivity contribution in [2.75, 3.05) is 43.4 Å². The van der Waals surface area contributed by atoms with Crippen molar-refractivity contribution >= 4 is 39.9 Å². The van der Waals surface area contributed by atoms with Gasteiger partial charge in [0, 0.05) is 42.2 Å². The highest BCUT2D eigenvalue weighted by Gasteiger charge is 2.24. The fraction of sp³-hybridized carbons (Fsp3) is 0.222. The number of furan rings is 1. The van der Waals surface area contributed by atoms with Gasteiger partial charge >= 0.3 is 0 Å². The van der Waals surface area contributed by atoms with Crippen LogP contribution in [0.15, 0.2) is 77.2 Å². The average Bonchev–Trinajstić information content (AvgIpc) is 3.23. The molecule has 0 bridgehead atoms. The number of piperazine rings is 1. The van der Waals surface area contributed by atoms with E-state index in [4.69, 9.17) is 20.8 Å². The number of rotatable bonds is 6. The van der Waals surface area contributed by atoms with Crippen LogP contribution in [0.5, 0.6) is 5.75 Å². The van der Waals surface area contributed by atoms with E-state index in [2.05, 4.69) is 22.2 Å². The number of benzene rings is 3. The van der Waals surface area contributed by atoms with Crippen LogP contribution in [0.1, 0.15) is 16.1 Å². The number of halogens is 1. The van der Waals surface area contributed by atoms with Crippen LogP contribution in [-0.4, -0.2) is 44.0 Å². The van der Waals surface area contributed by atoms with Gasteiger partial charge in [0.25, 0.3) is 5.91 Å². The molecule has 1 amide bonds. The van der Waals surface area contributed by atoms with Crippen LogP contribution in [0.4, 0.5) is 11.4 Å². The van der Waals surface area contributed by atoms with Crippen LogP contribution in [0.2, 0.25) is 5.02 Å². The lowest BCUT2D eigenvalue weighted by Crippen LogP contribution is -2.44. The summed E-state index contributed by atoms with van der Waals surface area (Å²) in [7, 11) is 2.11. The van der Waals surface area contributed by atoms with Gasteiger partial charge in [0.15, 0.2) is 5.76 Å².